The van der Waals surface area contributed by atoms with Gasteiger partial charge in [-0.2, -0.15) is 0 Å². The van der Waals surface area contributed by atoms with Crippen molar-refractivity contribution in [2.45, 2.75) is 44.4 Å². The third-order valence-electron chi connectivity index (χ3n) is 5.43. The number of ether oxygens (including phenoxy) is 2. The van der Waals surface area contributed by atoms with Crippen molar-refractivity contribution < 1.29 is 24.3 Å². The largest absolute Gasteiger partial charge is 0.490 e. The summed E-state index contributed by atoms with van der Waals surface area (Å²) < 4.78 is 11.4. The number of rotatable bonds is 2. The topological polar surface area (TPSA) is 88.1 Å². The number of benzene rings is 1. The first-order valence-corrected chi connectivity index (χ1v) is 8.78. The van der Waals surface area contributed by atoms with Crippen LogP contribution < -0.4 is 10.2 Å². The Morgan fingerprint density at radius 1 is 1.20 bits per heavy atom. The molecule has 0 atom stereocenters. The van der Waals surface area contributed by atoms with E-state index in [4.69, 9.17) is 14.7 Å². The highest BCUT2D eigenvalue weighted by Gasteiger charge is 2.41. The first kappa shape index (κ1) is 16.4. The van der Waals surface area contributed by atoms with Crippen LogP contribution in [0, 0.1) is 5.92 Å². The minimum Gasteiger partial charge on any atom is -0.490 e. The fourth-order valence-electron chi connectivity index (χ4n) is 3.82. The van der Waals surface area contributed by atoms with Crippen LogP contribution >= 0.6 is 0 Å². The Labute approximate surface area is 145 Å². The standard InChI is InChI=1S/C18H22N2O5/c21-17(19-23)12-1-2-13-10-20(18(22)11-3-5-24-6-4-11)14-8-15(9-14)25-16(13)7-12/h1-2,7,11,14-15,23H,3-6,8-10H2,(H,19,21). The SMILES string of the molecule is O=C(NO)c1ccc2c(c1)OC1CC(C1)N(C(=O)C1CCOCC1)C2. The van der Waals surface area contributed by atoms with E-state index in [1.807, 2.05) is 4.90 Å². The van der Waals surface area contributed by atoms with E-state index in [0.717, 1.165) is 31.2 Å². The first-order valence-electron chi connectivity index (χ1n) is 8.78. The molecule has 2 N–H and O–H groups in total. The lowest BCUT2D eigenvalue weighted by atomic mass is 9.85. The van der Waals surface area contributed by atoms with Crippen molar-refractivity contribution in [3.8, 4) is 5.75 Å². The van der Waals surface area contributed by atoms with Crippen LogP contribution in [0.1, 0.15) is 41.6 Å². The number of nitrogens with zero attached hydrogens (tertiary/aromatic N) is 1. The smallest absolute Gasteiger partial charge is 0.274 e. The van der Waals surface area contributed by atoms with Crippen LogP contribution in [-0.2, 0) is 16.1 Å². The van der Waals surface area contributed by atoms with Crippen LogP contribution in [-0.4, -0.2) is 47.3 Å². The zero-order chi connectivity index (χ0) is 17.4. The van der Waals surface area contributed by atoms with Gasteiger partial charge in [-0.3, -0.25) is 14.8 Å². The van der Waals surface area contributed by atoms with E-state index in [1.54, 1.807) is 23.7 Å². The van der Waals surface area contributed by atoms with Gasteiger partial charge in [0.25, 0.3) is 5.91 Å². The molecule has 7 heteroatoms. The maximum atomic E-state index is 13.0. The number of carbonyl (C=O) groups is 2. The van der Waals surface area contributed by atoms with Gasteiger partial charge >= 0.3 is 0 Å². The molecule has 3 heterocycles. The number of carbonyl (C=O) groups excluding carboxylic acids is 2. The molecule has 0 radical (unpaired) electrons. The van der Waals surface area contributed by atoms with E-state index in [2.05, 4.69) is 0 Å². The first-order chi connectivity index (χ1) is 12.2. The molecule has 1 aliphatic carbocycles. The second-order valence-electron chi connectivity index (χ2n) is 6.98. The molecule has 1 aromatic carbocycles. The molecule has 25 heavy (non-hydrogen) atoms. The van der Waals surface area contributed by atoms with Gasteiger partial charge in [0, 0.05) is 55.7 Å². The fourth-order valence-corrected chi connectivity index (χ4v) is 3.82. The summed E-state index contributed by atoms with van der Waals surface area (Å²) in [5.74, 6) is 0.289. The molecule has 7 nitrogen and oxygen atoms in total. The highest BCUT2D eigenvalue weighted by Crippen LogP contribution is 2.38. The summed E-state index contributed by atoms with van der Waals surface area (Å²) in [5.41, 5.74) is 2.86. The van der Waals surface area contributed by atoms with E-state index >= 15 is 0 Å². The molecule has 4 aliphatic rings. The van der Waals surface area contributed by atoms with Crippen LogP contribution in [0.5, 0.6) is 5.75 Å². The second-order valence-corrected chi connectivity index (χ2v) is 6.98. The summed E-state index contributed by atoms with van der Waals surface area (Å²) in [6.45, 7) is 1.79. The van der Waals surface area contributed by atoms with Gasteiger partial charge in [0.1, 0.15) is 11.9 Å². The van der Waals surface area contributed by atoms with E-state index in [9.17, 15) is 9.59 Å². The lowest BCUT2D eigenvalue weighted by molar-refractivity contribution is -0.146. The van der Waals surface area contributed by atoms with Gasteiger partial charge in [0.15, 0.2) is 0 Å². The molecule has 2 bridgehead atoms. The molecule has 134 valence electrons. The summed E-state index contributed by atoms with van der Waals surface area (Å²) >= 11 is 0. The van der Waals surface area contributed by atoms with E-state index in [0.29, 0.717) is 31.1 Å². The molecule has 1 saturated heterocycles. The van der Waals surface area contributed by atoms with Crippen LogP contribution in [0.15, 0.2) is 18.2 Å². The Balaban J connectivity index is 1.59. The van der Waals surface area contributed by atoms with Crippen LogP contribution in [0.2, 0.25) is 0 Å². The monoisotopic (exact) mass is 346 g/mol. The summed E-state index contributed by atoms with van der Waals surface area (Å²) in [6.07, 6.45) is 3.28. The van der Waals surface area contributed by atoms with Crippen molar-refractivity contribution >= 4 is 11.8 Å². The number of nitrogens with one attached hydrogen (secondary N) is 1. The average molecular weight is 346 g/mol. The summed E-state index contributed by atoms with van der Waals surface area (Å²) in [5, 5.41) is 8.81. The van der Waals surface area contributed by atoms with E-state index in [1.165, 1.54) is 0 Å². The second kappa shape index (κ2) is 6.65. The minimum atomic E-state index is -0.574. The molecular formula is C18H22N2O5. The number of hydroxylamine groups is 1. The molecule has 5 rings (SSSR count). The van der Waals surface area contributed by atoms with Gasteiger partial charge in [-0.15, -0.1) is 0 Å². The number of fused-ring (bicyclic) bond motifs is 1. The predicted octanol–water partition coefficient (Wildman–Crippen LogP) is 1.48. The highest BCUT2D eigenvalue weighted by molar-refractivity contribution is 5.93. The molecule has 3 aliphatic heterocycles. The van der Waals surface area contributed by atoms with Crippen LogP contribution in [0.25, 0.3) is 0 Å². The molecular weight excluding hydrogens is 324 g/mol. The van der Waals surface area contributed by atoms with E-state index in [-0.39, 0.29) is 24.0 Å². The van der Waals surface area contributed by atoms with Crippen molar-refractivity contribution in [2.24, 2.45) is 5.92 Å². The molecule has 1 aromatic rings. The van der Waals surface area contributed by atoms with Crippen molar-refractivity contribution in [3.05, 3.63) is 29.3 Å². The Hall–Kier alpha value is -2.12. The predicted molar refractivity (Wildman–Crippen MR) is 87.2 cm³/mol. The Morgan fingerprint density at radius 3 is 2.68 bits per heavy atom. The molecule has 1 saturated carbocycles. The van der Waals surface area contributed by atoms with Crippen molar-refractivity contribution in [1.82, 2.24) is 10.4 Å². The van der Waals surface area contributed by atoms with Gasteiger partial charge in [-0.25, -0.2) is 5.48 Å². The average Bonchev–Trinajstić information content (AvgIpc) is 2.60. The van der Waals surface area contributed by atoms with E-state index < -0.39 is 5.91 Å². The van der Waals surface area contributed by atoms with Crippen molar-refractivity contribution in [3.63, 3.8) is 0 Å². The zero-order valence-corrected chi connectivity index (χ0v) is 13.9. The molecule has 2 fully saturated rings. The molecule has 2 amide bonds. The number of hydrogen-bond acceptors (Lipinski definition) is 5. The molecule has 0 unspecified atom stereocenters. The van der Waals surface area contributed by atoms with Crippen LogP contribution in [0.3, 0.4) is 0 Å². The van der Waals surface area contributed by atoms with Gasteiger partial charge in [0.05, 0.1) is 0 Å². The Bertz CT molecular complexity index is 680. The lowest BCUT2D eigenvalue weighted by Gasteiger charge is -2.46. The van der Waals surface area contributed by atoms with Gasteiger partial charge < -0.3 is 14.4 Å². The highest BCUT2D eigenvalue weighted by atomic mass is 16.5. The third-order valence-corrected chi connectivity index (χ3v) is 5.43. The number of hydrogen-bond donors (Lipinski definition) is 2. The van der Waals surface area contributed by atoms with Gasteiger partial charge in [-0.05, 0) is 25.0 Å². The minimum absolute atomic E-state index is 0.0380. The quantitative estimate of drug-likeness (QED) is 0.626. The van der Waals surface area contributed by atoms with Gasteiger partial charge in [0.2, 0.25) is 5.91 Å². The van der Waals surface area contributed by atoms with Crippen molar-refractivity contribution in [2.75, 3.05) is 13.2 Å². The summed E-state index contributed by atoms with van der Waals surface area (Å²) in [6, 6.07) is 5.30. The van der Waals surface area contributed by atoms with Gasteiger partial charge in [-0.1, -0.05) is 6.07 Å². The summed E-state index contributed by atoms with van der Waals surface area (Å²) in [4.78, 5) is 26.6. The maximum Gasteiger partial charge on any atom is 0.274 e. The Kier molecular flexibility index (Phi) is 4.35. The molecule has 0 aromatic heterocycles. The van der Waals surface area contributed by atoms with Crippen LogP contribution in [0.4, 0.5) is 0 Å². The number of amides is 2. The fraction of sp³-hybridized carbons (Fsp3) is 0.556. The van der Waals surface area contributed by atoms with Crippen molar-refractivity contribution in [1.29, 1.82) is 0 Å². The maximum absolute atomic E-state index is 13.0. The summed E-state index contributed by atoms with van der Waals surface area (Å²) in [7, 11) is 0. The third kappa shape index (κ3) is 3.09. The zero-order valence-electron chi connectivity index (χ0n) is 13.9. The lowest BCUT2D eigenvalue weighted by Crippen LogP contribution is -2.54. The Morgan fingerprint density at radius 2 is 1.96 bits per heavy atom. The normalized spacial score (nSPS) is 25.7. The molecule has 0 spiro atoms.